The van der Waals surface area contributed by atoms with Gasteiger partial charge in [0.1, 0.15) is 5.69 Å². The second kappa shape index (κ2) is 6.01. The molecule has 0 saturated heterocycles. The molecule has 2 N–H and O–H groups in total. The number of nitrogens with one attached hydrogen (secondary N) is 2. The number of hydrazone groups is 1. The smallest absolute Gasteiger partial charge is 0.276 e. The van der Waals surface area contributed by atoms with Crippen molar-refractivity contribution in [1.29, 1.82) is 0 Å². The van der Waals surface area contributed by atoms with Crippen molar-refractivity contribution in [3.63, 3.8) is 0 Å². The van der Waals surface area contributed by atoms with E-state index < -0.39 is 15.6 Å². The topological polar surface area (TPSA) is 108 Å². The molecule has 0 aliphatic carbocycles. The number of nitrogens with zero attached hydrogens (tertiary/aromatic N) is 3. The van der Waals surface area contributed by atoms with Crippen LogP contribution in [0.1, 0.15) is 6.42 Å². The third-order valence-electron chi connectivity index (χ3n) is 3.07. The Hall–Kier alpha value is -2.39. The van der Waals surface area contributed by atoms with Crippen LogP contribution in [0.3, 0.4) is 0 Å². The highest BCUT2D eigenvalue weighted by Gasteiger charge is 2.18. The first kappa shape index (κ1) is 15.5. The van der Waals surface area contributed by atoms with Gasteiger partial charge in [0.15, 0.2) is 0 Å². The zero-order valence-corrected chi connectivity index (χ0v) is 13.3. The molecule has 0 atom stereocenters. The van der Waals surface area contributed by atoms with E-state index in [0.717, 1.165) is 12.6 Å². The summed E-state index contributed by atoms with van der Waals surface area (Å²) in [7, 11) is -3.93. The SMILES string of the molecule is O=c1[nH]c(N2CCC=N2)ncc1NS(=O)(=O)c1cccc(Cl)c1. The van der Waals surface area contributed by atoms with E-state index in [1.807, 2.05) is 0 Å². The number of rotatable bonds is 4. The van der Waals surface area contributed by atoms with Crippen LogP contribution in [0.15, 0.2) is 45.3 Å². The average molecular weight is 354 g/mol. The van der Waals surface area contributed by atoms with Gasteiger partial charge < -0.3 is 0 Å². The van der Waals surface area contributed by atoms with Crippen molar-refractivity contribution in [3.05, 3.63) is 45.8 Å². The Labute approximate surface area is 136 Å². The monoisotopic (exact) mass is 353 g/mol. The van der Waals surface area contributed by atoms with E-state index in [-0.39, 0.29) is 21.6 Å². The van der Waals surface area contributed by atoms with E-state index in [9.17, 15) is 13.2 Å². The number of sulfonamides is 1. The first-order chi connectivity index (χ1) is 11.0. The molecule has 0 amide bonds. The van der Waals surface area contributed by atoms with Gasteiger partial charge in [0.2, 0.25) is 5.95 Å². The van der Waals surface area contributed by atoms with Crippen molar-refractivity contribution in [1.82, 2.24) is 9.97 Å². The third kappa shape index (κ3) is 3.35. The molecule has 10 heteroatoms. The first-order valence-corrected chi connectivity index (χ1v) is 8.49. The second-order valence-electron chi connectivity index (χ2n) is 4.72. The van der Waals surface area contributed by atoms with Crippen LogP contribution in [0.4, 0.5) is 11.6 Å². The lowest BCUT2D eigenvalue weighted by atomic mass is 10.4. The maximum absolute atomic E-state index is 12.3. The predicted octanol–water partition coefficient (Wildman–Crippen LogP) is 1.42. The Kier molecular flexibility index (Phi) is 4.05. The van der Waals surface area contributed by atoms with Crippen LogP contribution in [-0.2, 0) is 10.0 Å². The fourth-order valence-corrected chi connectivity index (χ4v) is 3.33. The predicted molar refractivity (Wildman–Crippen MR) is 87.6 cm³/mol. The molecule has 1 aromatic heterocycles. The summed E-state index contributed by atoms with van der Waals surface area (Å²) in [6, 6.07) is 5.73. The molecule has 8 nitrogen and oxygen atoms in total. The molecule has 0 radical (unpaired) electrons. The highest BCUT2D eigenvalue weighted by molar-refractivity contribution is 7.92. The molecule has 0 saturated carbocycles. The van der Waals surface area contributed by atoms with Crippen LogP contribution < -0.4 is 15.3 Å². The van der Waals surface area contributed by atoms with Gasteiger partial charge in [0.25, 0.3) is 15.6 Å². The molecule has 2 heterocycles. The number of hydrogen-bond acceptors (Lipinski definition) is 6. The Bertz CT molecular complexity index is 925. The van der Waals surface area contributed by atoms with Crippen molar-refractivity contribution in [2.24, 2.45) is 5.10 Å². The van der Waals surface area contributed by atoms with Gasteiger partial charge in [-0.15, -0.1) is 0 Å². The summed E-state index contributed by atoms with van der Waals surface area (Å²) in [6.07, 6.45) is 3.62. The molecule has 0 spiro atoms. The van der Waals surface area contributed by atoms with Crippen molar-refractivity contribution < 1.29 is 8.42 Å². The third-order valence-corrected chi connectivity index (χ3v) is 4.67. The number of hydrogen-bond donors (Lipinski definition) is 2. The van der Waals surface area contributed by atoms with Gasteiger partial charge >= 0.3 is 0 Å². The van der Waals surface area contributed by atoms with E-state index in [4.69, 9.17) is 11.6 Å². The van der Waals surface area contributed by atoms with E-state index in [2.05, 4.69) is 19.8 Å². The molecule has 3 rings (SSSR count). The quantitative estimate of drug-likeness (QED) is 0.864. The zero-order valence-electron chi connectivity index (χ0n) is 11.7. The molecule has 0 bridgehead atoms. The summed E-state index contributed by atoms with van der Waals surface area (Å²) >= 11 is 5.79. The molecule has 23 heavy (non-hydrogen) atoms. The van der Waals surface area contributed by atoms with Gasteiger partial charge in [-0.3, -0.25) is 14.5 Å². The van der Waals surface area contributed by atoms with E-state index in [1.165, 1.54) is 23.2 Å². The Morgan fingerprint density at radius 3 is 2.83 bits per heavy atom. The Morgan fingerprint density at radius 1 is 1.35 bits per heavy atom. The van der Waals surface area contributed by atoms with Crippen LogP contribution >= 0.6 is 11.6 Å². The van der Waals surface area contributed by atoms with Crippen LogP contribution in [-0.4, -0.2) is 31.1 Å². The van der Waals surface area contributed by atoms with Gasteiger partial charge in [-0.25, -0.2) is 18.4 Å². The molecule has 1 aliphatic heterocycles. The van der Waals surface area contributed by atoms with Crippen molar-refractivity contribution in [2.75, 3.05) is 16.3 Å². The van der Waals surface area contributed by atoms with Crippen molar-refractivity contribution in [2.45, 2.75) is 11.3 Å². The minimum Gasteiger partial charge on any atom is -0.289 e. The van der Waals surface area contributed by atoms with Crippen LogP contribution in [0.25, 0.3) is 0 Å². The lowest BCUT2D eigenvalue weighted by Crippen LogP contribution is -2.24. The minimum atomic E-state index is -3.93. The van der Waals surface area contributed by atoms with E-state index in [0.29, 0.717) is 6.54 Å². The Morgan fingerprint density at radius 2 is 2.17 bits per heavy atom. The number of aromatic nitrogens is 2. The maximum Gasteiger partial charge on any atom is 0.276 e. The van der Waals surface area contributed by atoms with Crippen LogP contribution in [0.5, 0.6) is 0 Å². The highest BCUT2D eigenvalue weighted by atomic mass is 35.5. The Balaban J connectivity index is 1.88. The van der Waals surface area contributed by atoms with Crippen LogP contribution in [0, 0.1) is 0 Å². The summed E-state index contributed by atoms with van der Waals surface area (Å²) < 4.78 is 26.7. The molecule has 1 aliphatic rings. The van der Waals surface area contributed by atoms with Gasteiger partial charge in [-0.2, -0.15) is 5.10 Å². The number of benzene rings is 1. The second-order valence-corrected chi connectivity index (χ2v) is 6.84. The molecule has 120 valence electrons. The zero-order chi connectivity index (χ0) is 16.4. The fraction of sp³-hybridized carbons (Fsp3) is 0.154. The summed E-state index contributed by atoms with van der Waals surface area (Å²) in [4.78, 5) is 18.5. The lowest BCUT2D eigenvalue weighted by Gasteiger charge is -2.12. The highest BCUT2D eigenvalue weighted by Crippen LogP contribution is 2.18. The minimum absolute atomic E-state index is 0.0439. The number of aromatic amines is 1. The lowest BCUT2D eigenvalue weighted by molar-refractivity contribution is 0.601. The van der Waals surface area contributed by atoms with Gasteiger partial charge in [-0.05, 0) is 18.2 Å². The molecular formula is C13H12ClN5O3S. The largest absolute Gasteiger partial charge is 0.289 e. The van der Waals surface area contributed by atoms with E-state index >= 15 is 0 Å². The number of anilines is 2. The summed E-state index contributed by atoms with van der Waals surface area (Å²) in [6.45, 7) is 0.608. The normalized spacial score (nSPS) is 14.2. The number of H-pyrrole nitrogens is 1. The van der Waals surface area contributed by atoms with Gasteiger partial charge in [0, 0.05) is 24.2 Å². The fourth-order valence-electron chi connectivity index (χ4n) is 1.98. The van der Waals surface area contributed by atoms with Gasteiger partial charge in [-0.1, -0.05) is 17.7 Å². The molecule has 2 aromatic rings. The summed E-state index contributed by atoms with van der Waals surface area (Å²) in [5.41, 5.74) is -0.792. The van der Waals surface area contributed by atoms with Gasteiger partial charge in [0.05, 0.1) is 11.1 Å². The summed E-state index contributed by atoms with van der Waals surface area (Å²) in [5, 5.41) is 5.84. The molecule has 0 fully saturated rings. The average Bonchev–Trinajstić information content (AvgIpc) is 3.03. The van der Waals surface area contributed by atoms with Crippen molar-refractivity contribution >= 4 is 39.5 Å². The first-order valence-electron chi connectivity index (χ1n) is 6.63. The molecular weight excluding hydrogens is 342 g/mol. The van der Waals surface area contributed by atoms with Crippen LogP contribution in [0.2, 0.25) is 5.02 Å². The summed E-state index contributed by atoms with van der Waals surface area (Å²) in [5.74, 6) is 0.259. The maximum atomic E-state index is 12.3. The van der Waals surface area contributed by atoms with Crippen molar-refractivity contribution in [3.8, 4) is 0 Å². The molecule has 0 unspecified atom stereocenters. The standard InChI is InChI=1S/C13H12ClN5O3S/c14-9-3-1-4-10(7-9)23(21,22)18-11-8-15-13(17-12(11)20)19-6-2-5-16-19/h1,3-5,7-8,18H,2,6H2,(H,15,17,20). The van der Waals surface area contributed by atoms with E-state index in [1.54, 1.807) is 12.3 Å². The number of halogens is 1. The molecule has 1 aromatic carbocycles.